The van der Waals surface area contributed by atoms with Crippen molar-refractivity contribution in [2.24, 2.45) is 5.92 Å². The third-order valence-electron chi connectivity index (χ3n) is 4.04. The van der Waals surface area contributed by atoms with E-state index in [1.807, 2.05) is 12.1 Å². The summed E-state index contributed by atoms with van der Waals surface area (Å²) in [6.45, 7) is 5.11. The molecule has 1 aliphatic heterocycles. The molecule has 5 heteroatoms. The van der Waals surface area contributed by atoms with E-state index < -0.39 is 5.97 Å². The third-order valence-corrected chi connectivity index (χ3v) is 4.54. The van der Waals surface area contributed by atoms with E-state index in [0.717, 1.165) is 48.3 Å². The van der Waals surface area contributed by atoms with Crippen LogP contribution in [0.4, 0.5) is 0 Å². The smallest absolute Gasteiger partial charge is 0.307 e. The molecule has 1 heterocycles. The Hall–Kier alpha value is -1.07. The zero-order valence-corrected chi connectivity index (χ0v) is 14.6. The van der Waals surface area contributed by atoms with Gasteiger partial charge in [-0.05, 0) is 37.6 Å². The molecule has 22 heavy (non-hydrogen) atoms. The van der Waals surface area contributed by atoms with Crippen LogP contribution < -0.4 is 4.74 Å². The highest BCUT2D eigenvalue weighted by Gasteiger charge is 2.28. The predicted octanol–water partition coefficient (Wildman–Crippen LogP) is 3.92. The van der Waals surface area contributed by atoms with E-state index in [4.69, 9.17) is 9.84 Å². The summed E-state index contributed by atoms with van der Waals surface area (Å²) in [5.74, 6) is -0.00747. The molecule has 0 bridgehead atoms. The van der Waals surface area contributed by atoms with Crippen molar-refractivity contribution < 1.29 is 14.6 Å². The summed E-state index contributed by atoms with van der Waals surface area (Å²) in [4.78, 5) is 13.3. The fraction of sp³-hybridized carbons (Fsp3) is 0.588. The highest BCUT2D eigenvalue weighted by atomic mass is 79.9. The Morgan fingerprint density at radius 2 is 2.27 bits per heavy atom. The molecule has 0 radical (unpaired) electrons. The minimum atomic E-state index is -0.687. The molecule has 0 amide bonds. The molecule has 0 aliphatic carbocycles. The van der Waals surface area contributed by atoms with E-state index in [2.05, 4.69) is 33.8 Å². The Bertz CT molecular complexity index is 507. The summed E-state index contributed by atoms with van der Waals surface area (Å²) in [5.41, 5.74) is 1.12. The van der Waals surface area contributed by atoms with Crippen molar-refractivity contribution in [2.45, 2.75) is 39.2 Å². The first kappa shape index (κ1) is 17.3. The highest BCUT2D eigenvalue weighted by molar-refractivity contribution is 9.10. The molecule has 0 spiro atoms. The molecule has 4 nitrogen and oxygen atoms in total. The van der Waals surface area contributed by atoms with Crippen LogP contribution in [0.15, 0.2) is 22.7 Å². The van der Waals surface area contributed by atoms with E-state index in [1.165, 1.54) is 12.8 Å². The van der Waals surface area contributed by atoms with Crippen LogP contribution in [0.5, 0.6) is 5.75 Å². The fourth-order valence-electron chi connectivity index (χ4n) is 2.77. The Balaban J connectivity index is 1.97. The second-order valence-corrected chi connectivity index (χ2v) is 6.78. The van der Waals surface area contributed by atoms with Crippen molar-refractivity contribution in [2.75, 3.05) is 19.7 Å². The van der Waals surface area contributed by atoms with Gasteiger partial charge in [0.15, 0.2) is 0 Å². The average Bonchev–Trinajstić information content (AvgIpc) is 2.94. The van der Waals surface area contributed by atoms with Crippen molar-refractivity contribution >= 4 is 21.9 Å². The molecular weight excluding hydrogens is 346 g/mol. The van der Waals surface area contributed by atoms with E-state index in [-0.39, 0.29) is 5.92 Å². The summed E-state index contributed by atoms with van der Waals surface area (Å²) >= 11 is 3.51. The molecule has 1 atom stereocenters. The summed E-state index contributed by atoms with van der Waals surface area (Å²) in [6.07, 6.45) is 4.16. The van der Waals surface area contributed by atoms with Gasteiger partial charge < -0.3 is 9.84 Å². The highest BCUT2D eigenvalue weighted by Crippen LogP contribution is 2.27. The van der Waals surface area contributed by atoms with Crippen molar-refractivity contribution in [1.82, 2.24) is 4.90 Å². The quantitative estimate of drug-likeness (QED) is 0.705. The standard InChI is InChI=1S/C17H24BrNO3/c1-2-3-4-9-22-16-6-5-15(18)10-14(16)12-19-8-7-13(11-19)17(20)21/h5-6,10,13H,2-4,7-9,11-12H2,1H3,(H,20,21). The second-order valence-electron chi connectivity index (χ2n) is 5.87. The molecular formula is C17H24BrNO3. The molecule has 1 unspecified atom stereocenters. The number of aliphatic carboxylic acids is 1. The molecule has 1 aromatic rings. The van der Waals surface area contributed by atoms with Gasteiger partial charge in [-0.2, -0.15) is 0 Å². The number of carbonyl (C=O) groups is 1. The Morgan fingerprint density at radius 3 is 2.95 bits per heavy atom. The minimum absolute atomic E-state index is 0.235. The first-order valence-electron chi connectivity index (χ1n) is 7.96. The van der Waals surface area contributed by atoms with Crippen molar-refractivity contribution in [3.05, 3.63) is 28.2 Å². The van der Waals surface area contributed by atoms with Crippen LogP contribution in [0.25, 0.3) is 0 Å². The van der Waals surface area contributed by atoms with Crippen LogP contribution in [0, 0.1) is 5.92 Å². The van der Waals surface area contributed by atoms with Gasteiger partial charge in [0.25, 0.3) is 0 Å². The van der Waals surface area contributed by atoms with Crippen LogP contribution in [0.2, 0.25) is 0 Å². The van der Waals surface area contributed by atoms with Gasteiger partial charge in [0.05, 0.1) is 12.5 Å². The lowest BCUT2D eigenvalue weighted by Gasteiger charge is -2.18. The number of nitrogens with zero attached hydrogens (tertiary/aromatic N) is 1. The van der Waals surface area contributed by atoms with Gasteiger partial charge in [-0.25, -0.2) is 0 Å². The van der Waals surface area contributed by atoms with Crippen LogP contribution in [0.1, 0.15) is 38.2 Å². The lowest BCUT2D eigenvalue weighted by Crippen LogP contribution is -2.23. The molecule has 1 aliphatic rings. The van der Waals surface area contributed by atoms with Gasteiger partial charge in [0, 0.05) is 23.1 Å². The van der Waals surface area contributed by atoms with Gasteiger partial charge in [-0.1, -0.05) is 35.7 Å². The number of benzene rings is 1. The van der Waals surface area contributed by atoms with Crippen LogP contribution in [0.3, 0.4) is 0 Å². The van der Waals surface area contributed by atoms with Gasteiger partial charge in [0.2, 0.25) is 0 Å². The molecule has 2 rings (SSSR count). The SMILES string of the molecule is CCCCCOc1ccc(Br)cc1CN1CCC(C(=O)O)C1. The molecule has 0 saturated carbocycles. The molecule has 1 aromatic carbocycles. The number of carboxylic acid groups (broad SMARTS) is 1. The molecule has 0 aromatic heterocycles. The third kappa shape index (κ3) is 4.99. The number of ether oxygens (including phenoxy) is 1. The number of halogens is 1. The lowest BCUT2D eigenvalue weighted by atomic mass is 10.1. The van der Waals surface area contributed by atoms with Crippen molar-refractivity contribution in [3.8, 4) is 5.75 Å². The van der Waals surface area contributed by atoms with Crippen LogP contribution in [-0.4, -0.2) is 35.7 Å². The molecule has 1 saturated heterocycles. The van der Waals surface area contributed by atoms with Gasteiger partial charge in [-0.15, -0.1) is 0 Å². The number of rotatable bonds is 8. The van der Waals surface area contributed by atoms with Crippen molar-refractivity contribution in [1.29, 1.82) is 0 Å². The summed E-state index contributed by atoms with van der Waals surface area (Å²) in [7, 11) is 0. The Labute approximate surface area is 140 Å². The Morgan fingerprint density at radius 1 is 1.45 bits per heavy atom. The summed E-state index contributed by atoms with van der Waals surface area (Å²) < 4.78 is 6.94. The normalized spacial score (nSPS) is 18.5. The van der Waals surface area contributed by atoms with E-state index >= 15 is 0 Å². The number of likely N-dealkylation sites (tertiary alicyclic amines) is 1. The first-order chi connectivity index (χ1) is 10.6. The van der Waals surface area contributed by atoms with E-state index in [9.17, 15) is 4.79 Å². The first-order valence-corrected chi connectivity index (χ1v) is 8.76. The van der Waals surface area contributed by atoms with E-state index in [1.54, 1.807) is 0 Å². The predicted molar refractivity (Wildman–Crippen MR) is 90.2 cm³/mol. The molecule has 1 N–H and O–H groups in total. The van der Waals surface area contributed by atoms with Gasteiger partial charge in [0.1, 0.15) is 5.75 Å². The fourth-order valence-corrected chi connectivity index (χ4v) is 3.17. The van der Waals surface area contributed by atoms with E-state index in [0.29, 0.717) is 6.54 Å². The molecule has 1 fully saturated rings. The summed E-state index contributed by atoms with van der Waals surface area (Å²) in [6, 6.07) is 6.06. The average molecular weight is 370 g/mol. The van der Waals surface area contributed by atoms with Crippen molar-refractivity contribution in [3.63, 3.8) is 0 Å². The summed E-state index contributed by atoms with van der Waals surface area (Å²) in [5, 5.41) is 9.10. The second kappa shape index (κ2) is 8.53. The van der Waals surface area contributed by atoms with Gasteiger partial charge >= 0.3 is 5.97 Å². The number of carboxylic acids is 1. The zero-order valence-electron chi connectivity index (χ0n) is 13.1. The zero-order chi connectivity index (χ0) is 15.9. The topological polar surface area (TPSA) is 49.8 Å². The lowest BCUT2D eigenvalue weighted by molar-refractivity contribution is -0.141. The maximum atomic E-state index is 11.1. The monoisotopic (exact) mass is 369 g/mol. The minimum Gasteiger partial charge on any atom is -0.493 e. The maximum Gasteiger partial charge on any atom is 0.307 e. The molecule has 122 valence electrons. The van der Waals surface area contributed by atoms with Gasteiger partial charge in [-0.3, -0.25) is 9.69 Å². The largest absolute Gasteiger partial charge is 0.493 e. The number of unbranched alkanes of at least 4 members (excludes halogenated alkanes) is 2. The van der Waals surface area contributed by atoms with Crippen LogP contribution >= 0.6 is 15.9 Å². The number of hydrogen-bond donors (Lipinski definition) is 1. The maximum absolute atomic E-state index is 11.1. The number of hydrogen-bond acceptors (Lipinski definition) is 3. The van der Waals surface area contributed by atoms with Crippen LogP contribution in [-0.2, 0) is 11.3 Å². The Kier molecular flexibility index (Phi) is 6.70.